The quantitative estimate of drug-likeness (QED) is 0.736. The molecule has 1 aromatic carbocycles. The third kappa shape index (κ3) is 3.42. The molecule has 2 N–H and O–H groups in total. The van der Waals surface area contributed by atoms with E-state index in [1.165, 1.54) is 17.5 Å². The molecular weight excluding hydrogens is 320 g/mol. The lowest BCUT2D eigenvalue weighted by Gasteiger charge is -2.26. The monoisotopic (exact) mass is 338 g/mol. The molecule has 1 atom stereocenters. The molecule has 0 unspecified atom stereocenters. The minimum absolute atomic E-state index is 0.0129. The third-order valence-corrected chi connectivity index (χ3v) is 4.37. The number of nitrogens with one attached hydrogen (secondary N) is 2. The van der Waals surface area contributed by atoms with Gasteiger partial charge in [-0.3, -0.25) is 9.89 Å². The fraction of sp³-hybridized carbons (Fsp3) is 0.353. The summed E-state index contributed by atoms with van der Waals surface area (Å²) in [5, 5.41) is 13.4. The van der Waals surface area contributed by atoms with Crippen LogP contribution in [0.15, 0.2) is 35.1 Å². The number of H-pyrrole nitrogens is 1. The Hall–Kier alpha value is -3.03. The number of nitrogens with zero attached hydrogens (tertiary/aromatic N) is 4. The summed E-state index contributed by atoms with van der Waals surface area (Å²) in [7, 11) is 0. The fourth-order valence-electron chi connectivity index (χ4n) is 3.16. The van der Waals surface area contributed by atoms with Crippen molar-refractivity contribution in [1.29, 1.82) is 0 Å². The Bertz CT molecular complexity index is 858. The van der Waals surface area contributed by atoms with Crippen molar-refractivity contribution >= 4 is 5.91 Å². The number of carbonyl (C=O) groups is 1. The number of carbonyl (C=O) groups excluding carboxylic acids is 1. The molecule has 0 spiro atoms. The van der Waals surface area contributed by atoms with Crippen molar-refractivity contribution in [1.82, 2.24) is 30.6 Å². The van der Waals surface area contributed by atoms with E-state index in [1.807, 2.05) is 12.1 Å². The van der Waals surface area contributed by atoms with Crippen molar-refractivity contribution in [2.45, 2.75) is 38.1 Å². The van der Waals surface area contributed by atoms with Gasteiger partial charge in [0.2, 0.25) is 17.6 Å². The second kappa shape index (κ2) is 6.84. The standard InChI is InChI=1S/C17H18N6O2/c24-14(20-13-7-3-5-11-4-1-2-6-12(11)13)8-9-15-21-17(23-25-15)16-18-10-19-22-16/h1-2,4,6,10,13H,3,5,7-9H2,(H,20,24)(H,18,19,22)/t13-/m1/s1. The van der Waals surface area contributed by atoms with Crippen molar-refractivity contribution in [3.8, 4) is 11.6 Å². The van der Waals surface area contributed by atoms with E-state index in [9.17, 15) is 4.79 Å². The summed E-state index contributed by atoms with van der Waals surface area (Å²) in [6.45, 7) is 0. The van der Waals surface area contributed by atoms with Gasteiger partial charge in [0.05, 0.1) is 6.04 Å². The summed E-state index contributed by atoms with van der Waals surface area (Å²) < 4.78 is 5.16. The van der Waals surface area contributed by atoms with E-state index in [1.54, 1.807) is 0 Å². The molecule has 2 heterocycles. The second-order valence-electron chi connectivity index (χ2n) is 6.06. The molecule has 1 aliphatic carbocycles. The van der Waals surface area contributed by atoms with Crippen LogP contribution in [0.25, 0.3) is 11.6 Å². The summed E-state index contributed by atoms with van der Waals surface area (Å²) in [5.41, 5.74) is 2.56. The highest BCUT2D eigenvalue weighted by molar-refractivity contribution is 5.76. The Morgan fingerprint density at radius 1 is 1.36 bits per heavy atom. The van der Waals surface area contributed by atoms with E-state index in [2.05, 4.69) is 42.8 Å². The first kappa shape index (κ1) is 15.5. The zero-order valence-electron chi connectivity index (χ0n) is 13.6. The number of aromatic amines is 1. The number of amides is 1. The Balaban J connectivity index is 1.34. The van der Waals surface area contributed by atoms with Gasteiger partial charge in [-0.05, 0) is 30.4 Å². The van der Waals surface area contributed by atoms with Gasteiger partial charge in [-0.25, -0.2) is 4.98 Å². The summed E-state index contributed by atoms with van der Waals surface area (Å²) in [6.07, 6.45) is 5.21. The predicted octanol–water partition coefficient (Wildman–Crippen LogP) is 1.98. The SMILES string of the molecule is O=C(CCc1nc(-c2ncn[nH]2)no1)N[C@@H]1CCCc2ccccc21. The smallest absolute Gasteiger partial charge is 0.239 e. The molecule has 4 rings (SSSR count). The average Bonchev–Trinajstić information content (AvgIpc) is 3.32. The maximum Gasteiger partial charge on any atom is 0.239 e. The maximum atomic E-state index is 12.3. The van der Waals surface area contributed by atoms with Crippen LogP contribution < -0.4 is 5.32 Å². The van der Waals surface area contributed by atoms with Crippen molar-refractivity contribution in [2.75, 3.05) is 0 Å². The fourth-order valence-corrected chi connectivity index (χ4v) is 3.16. The zero-order chi connectivity index (χ0) is 17.1. The molecule has 2 aromatic heterocycles. The van der Waals surface area contributed by atoms with Crippen LogP contribution in [0.1, 0.15) is 42.3 Å². The van der Waals surface area contributed by atoms with Gasteiger partial charge in [-0.1, -0.05) is 29.4 Å². The molecule has 25 heavy (non-hydrogen) atoms. The molecule has 0 fully saturated rings. The zero-order valence-corrected chi connectivity index (χ0v) is 13.6. The molecule has 0 saturated carbocycles. The highest BCUT2D eigenvalue weighted by Gasteiger charge is 2.21. The van der Waals surface area contributed by atoms with Gasteiger partial charge in [0.1, 0.15) is 6.33 Å². The predicted molar refractivity (Wildman–Crippen MR) is 88.3 cm³/mol. The maximum absolute atomic E-state index is 12.3. The van der Waals surface area contributed by atoms with Gasteiger partial charge in [0.25, 0.3) is 0 Å². The second-order valence-corrected chi connectivity index (χ2v) is 6.06. The number of aryl methyl sites for hydroxylation is 2. The topological polar surface area (TPSA) is 110 Å². The average molecular weight is 338 g/mol. The van der Waals surface area contributed by atoms with Crippen molar-refractivity contribution < 1.29 is 9.32 Å². The normalized spacial score (nSPS) is 16.4. The molecule has 1 aliphatic rings. The number of fused-ring (bicyclic) bond motifs is 1. The highest BCUT2D eigenvalue weighted by atomic mass is 16.5. The molecule has 0 bridgehead atoms. The van der Waals surface area contributed by atoms with Crippen molar-refractivity contribution in [3.05, 3.63) is 47.6 Å². The minimum atomic E-state index is -0.0129. The molecule has 0 saturated heterocycles. The lowest BCUT2D eigenvalue weighted by molar-refractivity contribution is -0.122. The van der Waals surface area contributed by atoms with Crippen LogP contribution in [-0.4, -0.2) is 31.2 Å². The van der Waals surface area contributed by atoms with Crippen LogP contribution in [-0.2, 0) is 17.6 Å². The Kier molecular flexibility index (Phi) is 4.24. The summed E-state index contributed by atoms with van der Waals surface area (Å²) >= 11 is 0. The minimum Gasteiger partial charge on any atom is -0.349 e. The first-order chi connectivity index (χ1) is 12.3. The van der Waals surface area contributed by atoms with Crippen molar-refractivity contribution in [3.63, 3.8) is 0 Å². The van der Waals surface area contributed by atoms with Gasteiger partial charge >= 0.3 is 0 Å². The Labute approximate surface area is 144 Å². The van der Waals surface area contributed by atoms with Gasteiger partial charge in [0, 0.05) is 12.8 Å². The highest BCUT2D eigenvalue weighted by Crippen LogP contribution is 2.29. The largest absolute Gasteiger partial charge is 0.349 e. The van der Waals surface area contributed by atoms with E-state index < -0.39 is 0 Å². The number of hydrogen-bond donors (Lipinski definition) is 2. The first-order valence-electron chi connectivity index (χ1n) is 8.35. The van der Waals surface area contributed by atoms with Crippen LogP contribution in [0, 0.1) is 0 Å². The van der Waals surface area contributed by atoms with Crippen LogP contribution in [0.4, 0.5) is 0 Å². The number of hydrogen-bond acceptors (Lipinski definition) is 6. The summed E-state index contributed by atoms with van der Waals surface area (Å²) in [4.78, 5) is 20.5. The van der Waals surface area contributed by atoms with Gasteiger partial charge < -0.3 is 9.84 Å². The van der Waals surface area contributed by atoms with E-state index in [0.717, 1.165) is 19.3 Å². The van der Waals surface area contributed by atoms with Crippen LogP contribution in [0.2, 0.25) is 0 Å². The lowest BCUT2D eigenvalue weighted by atomic mass is 9.87. The Morgan fingerprint density at radius 3 is 3.16 bits per heavy atom. The van der Waals surface area contributed by atoms with E-state index in [-0.39, 0.29) is 11.9 Å². The van der Waals surface area contributed by atoms with Gasteiger partial charge in [-0.15, -0.1) is 0 Å². The molecule has 3 aromatic rings. The number of benzene rings is 1. The molecule has 8 nitrogen and oxygen atoms in total. The van der Waals surface area contributed by atoms with Crippen LogP contribution >= 0.6 is 0 Å². The molecule has 0 radical (unpaired) electrons. The van der Waals surface area contributed by atoms with Crippen molar-refractivity contribution in [2.24, 2.45) is 0 Å². The molecule has 8 heteroatoms. The van der Waals surface area contributed by atoms with E-state index >= 15 is 0 Å². The first-order valence-corrected chi connectivity index (χ1v) is 8.35. The number of rotatable bonds is 5. The van der Waals surface area contributed by atoms with Gasteiger partial charge in [-0.2, -0.15) is 10.1 Å². The van der Waals surface area contributed by atoms with E-state index in [4.69, 9.17) is 4.52 Å². The molecule has 0 aliphatic heterocycles. The lowest BCUT2D eigenvalue weighted by Crippen LogP contribution is -2.31. The van der Waals surface area contributed by atoms with Crippen LogP contribution in [0.5, 0.6) is 0 Å². The summed E-state index contributed by atoms with van der Waals surface area (Å²) in [6, 6.07) is 8.39. The Morgan fingerprint density at radius 2 is 2.28 bits per heavy atom. The molecule has 128 valence electrons. The summed E-state index contributed by atoms with van der Waals surface area (Å²) in [5.74, 6) is 1.18. The van der Waals surface area contributed by atoms with Crippen LogP contribution in [0.3, 0.4) is 0 Å². The van der Waals surface area contributed by atoms with E-state index in [0.29, 0.717) is 30.4 Å². The molecule has 1 amide bonds. The third-order valence-electron chi connectivity index (χ3n) is 4.37. The van der Waals surface area contributed by atoms with Gasteiger partial charge in [0.15, 0.2) is 5.82 Å². The number of aromatic nitrogens is 5. The molecular formula is C17H18N6O2.